The molecular formula is C17H24N2O2. The summed E-state index contributed by atoms with van der Waals surface area (Å²) in [7, 11) is 0. The summed E-state index contributed by atoms with van der Waals surface area (Å²) >= 11 is 0. The Morgan fingerprint density at radius 1 is 1.14 bits per heavy atom. The van der Waals surface area contributed by atoms with Crippen LogP contribution in [0.3, 0.4) is 0 Å². The van der Waals surface area contributed by atoms with Gasteiger partial charge in [0, 0.05) is 5.69 Å². The van der Waals surface area contributed by atoms with Gasteiger partial charge in [-0.05, 0) is 30.9 Å². The molecule has 1 aliphatic rings. The molecule has 0 aromatic heterocycles. The predicted molar refractivity (Wildman–Crippen MR) is 84.2 cm³/mol. The quantitative estimate of drug-likeness (QED) is 0.905. The first-order chi connectivity index (χ1) is 10.1. The summed E-state index contributed by atoms with van der Waals surface area (Å²) in [6.45, 7) is 6.12. The smallest absolute Gasteiger partial charge is 0.253 e. The summed E-state index contributed by atoms with van der Waals surface area (Å²) < 4.78 is 0. The summed E-state index contributed by atoms with van der Waals surface area (Å²) in [6, 6.07) is 7.89. The third kappa shape index (κ3) is 2.80. The molecule has 0 spiro atoms. The highest BCUT2D eigenvalue weighted by atomic mass is 16.2. The number of para-hydroxylation sites is 1. The van der Waals surface area contributed by atoms with Crippen LogP contribution < -0.4 is 10.2 Å². The minimum absolute atomic E-state index is 0.00986. The number of anilines is 1. The summed E-state index contributed by atoms with van der Waals surface area (Å²) in [5.74, 6) is -0.0692. The fourth-order valence-corrected chi connectivity index (χ4v) is 3.01. The van der Waals surface area contributed by atoms with Gasteiger partial charge in [0.05, 0.1) is 0 Å². The molecule has 0 saturated carbocycles. The fraction of sp³-hybridized carbons (Fsp3) is 0.529. The lowest BCUT2D eigenvalue weighted by Crippen LogP contribution is -2.66. The van der Waals surface area contributed by atoms with E-state index in [0.717, 1.165) is 24.1 Å². The molecule has 2 rings (SSSR count). The molecule has 2 amide bonds. The molecule has 0 atom stereocenters. The van der Waals surface area contributed by atoms with Crippen LogP contribution in [0.1, 0.15) is 45.6 Å². The third-order valence-corrected chi connectivity index (χ3v) is 4.34. The topological polar surface area (TPSA) is 49.4 Å². The number of piperazine rings is 1. The molecule has 21 heavy (non-hydrogen) atoms. The third-order valence-electron chi connectivity index (χ3n) is 4.34. The summed E-state index contributed by atoms with van der Waals surface area (Å²) in [6.07, 6.45) is 3.14. The Hall–Kier alpha value is -1.84. The highest BCUT2D eigenvalue weighted by molar-refractivity contribution is 6.09. The minimum Gasteiger partial charge on any atom is -0.340 e. The van der Waals surface area contributed by atoms with Gasteiger partial charge in [0.25, 0.3) is 5.91 Å². The Kier molecular flexibility index (Phi) is 4.66. The second-order valence-corrected chi connectivity index (χ2v) is 5.61. The summed E-state index contributed by atoms with van der Waals surface area (Å²) in [4.78, 5) is 26.7. The first-order valence-corrected chi connectivity index (χ1v) is 7.78. The van der Waals surface area contributed by atoms with E-state index >= 15 is 0 Å². The highest BCUT2D eigenvalue weighted by Gasteiger charge is 2.44. The second kappa shape index (κ2) is 6.29. The van der Waals surface area contributed by atoms with E-state index in [4.69, 9.17) is 0 Å². The highest BCUT2D eigenvalue weighted by Crippen LogP contribution is 2.29. The van der Waals surface area contributed by atoms with E-state index in [2.05, 4.69) is 12.2 Å². The van der Waals surface area contributed by atoms with Gasteiger partial charge in [0.1, 0.15) is 12.1 Å². The van der Waals surface area contributed by atoms with Crippen molar-refractivity contribution in [1.82, 2.24) is 5.32 Å². The van der Waals surface area contributed by atoms with Crippen LogP contribution in [0.15, 0.2) is 24.3 Å². The predicted octanol–water partition coefficient (Wildman–Crippen LogP) is 2.66. The van der Waals surface area contributed by atoms with Crippen molar-refractivity contribution in [1.29, 1.82) is 0 Å². The average molecular weight is 288 g/mol. The molecule has 1 aromatic carbocycles. The van der Waals surface area contributed by atoms with Crippen molar-refractivity contribution < 1.29 is 9.59 Å². The SMILES string of the molecule is CCCc1ccccc1N1CC(=O)NC(CC)(CC)C1=O. The molecule has 1 heterocycles. The Labute approximate surface area is 126 Å². The number of amides is 2. The van der Waals surface area contributed by atoms with Crippen LogP contribution in [0.25, 0.3) is 0 Å². The van der Waals surface area contributed by atoms with E-state index in [9.17, 15) is 9.59 Å². The minimum atomic E-state index is -0.755. The van der Waals surface area contributed by atoms with Gasteiger partial charge >= 0.3 is 0 Å². The van der Waals surface area contributed by atoms with Gasteiger partial charge in [-0.15, -0.1) is 0 Å². The Bertz CT molecular complexity index is 535. The largest absolute Gasteiger partial charge is 0.340 e. The van der Waals surface area contributed by atoms with Crippen LogP contribution in [0.5, 0.6) is 0 Å². The van der Waals surface area contributed by atoms with Crippen LogP contribution in [0, 0.1) is 0 Å². The van der Waals surface area contributed by atoms with Crippen molar-refractivity contribution >= 4 is 17.5 Å². The summed E-state index contributed by atoms with van der Waals surface area (Å²) in [5.41, 5.74) is 1.25. The molecule has 1 saturated heterocycles. The molecule has 0 unspecified atom stereocenters. The maximum atomic E-state index is 12.9. The van der Waals surface area contributed by atoms with Crippen molar-refractivity contribution in [3.63, 3.8) is 0 Å². The van der Waals surface area contributed by atoms with Crippen molar-refractivity contribution in [2.75, 3.05) is 11.4 Å². The molecule has 1 aliphatic heterocycles. The molecule has 1 aromatic rings. The zero-order valence-corrected chi connectivity index (χ0v) is 13.1. The van der Waals surface area contributed by atoms with Gasteiger partial charge < -0.3 is 10.2 Å². The van der Waals surface area contributed by atoms with Crippen molar-refractivity contribution in [2.45, 2.75) is 52.0 Å². The lowest BCUT2D eigenvalue weighted by atomic mass is 9.88. The lowest BCUT2D eigenvalue weighted by molar-refractivity contribution is -0.136. The van der Waals surface area contributed by atoms with E-state index < -0.39 is 5.54 Å². The van der Waals surface area contributed by atoms with Crippen molar-refractivity contribution in [3.05, 3.63) is 29.8 Å². The van der Waals surface area contributed by atoms with Crippen molar-refractivity contribution in [2.24, 2.45) is 0 Å². The van der Waals surface area contributed by atoms with Crippen LogP contribution >= 0.6 is 0 Å². The zero-order valence-electron chi connectivity index (χ0n) is 13.1. The number of nitrogens with zero attached hydrogens (tertiary/aromatic N) is 1. The monoisotopic (exact) mass is 288 g/mol. The number of hydrogen-bond acceptors (Lipinski definition) is 2. The Balaban J connectivity index is 2.43. The van der Waals surface area contributed by atoms with E-state index in [1.807, 2.05) is 38.1 Å². The number of aryl methyl sites for hydroxylation is 1. The summed E-state index contributed by atoms with van der Waals surface area (Å²) in [5, 5.41) is 2.90. The molecule has 4 heteroatoms. The standard InChI is InChI=1S/C17H24N2O2/c1-4-9-13-10-7-8-11-14(13)19-12-15(20)18-17(5-2,6-3)16(19)21/h7-8,10-11H,4-6,9,12H2,1-3H3,(H,18,20). The molecule has 1 fully saturated rings. The van der Waals surface area contributed by atoms with E-state index in [1.54, 1.807) is 4.90 Å². The van der Waals surface area contributed by atoms with E-state index in [1.165, 1.54) is 0 Å². The van der Waals surface area contributed by atoms with Gasteiger partial charge in [-0.3, -0.25) is 9.59 Å². The van der Waals surface area contributed by atoms with Crippen LogP contribution in [-0.2, 0) is 16.0 Å². The Morgan fingerprint density at radius 2 is 1.81 bits per heavy atom. The lowest BCUT2D eigenvalue weighted by Gasteiger charge is -2.41. The average Bonchev–Trinajstić information content (AvgIpc) is 2.50. The normalized spacial score (nSPS) is 17.8. The number of nitrogens with one attached hydrogen (secondary N) is 1. The zero-order chi connectivity index (χ0) is 15.5. The molecule has 4 nitrogen and oxygen atoms in total. The molecule has 114 valence electrons. The maximum absolute atomic E-state index is 12.9. The number of carbonyl (C=O) groups is 2. The van der Waals surface area contributed by atoms with Gasteiger partial charge in [-0.2, -0.15) is 0 Å². The molecule has 0 aliphatic carbocycles. The number of hydrogen-bond donors (Lipinski definition) is 1. The molecule has 0 radical (unpaired) electrons. The van der Waals surface area contributed by atoms with E-state index in [-0.39, 0.29) is 18.4 Å². The molecular weight excluding hydrogens is 264 g/mol. The Morgan fingerprint density at radius 3 is 2.43 bits per heavy atom. The van der Waals surface area contributed by atoms with Crippen molar-refractivity contribution in [3.8, 4) is 0 Å². The van der Waals surface area contributed by atoms with Crippen LogP contribution in [0.2, 0.25) is 0 Å². The van der Waals surface area contributed by atoms with Gasteiger partial charge in [-0.1, -0.05) is 45.4 Å². The second-order valence-electron chi connectivity index (χ2n) is 5.61. The maximum Gasteiger partial charge on any atom is 0.253 e. The van der Waals surface area contributed by atoms with Gasteiger partial charge in [-0.25, -0.2) is 0 Å². The van der Waals surface area contributed by atoms with Crippen LogP contribution in [-0.4, -0.2) is 23.9 Å². The first kappa shape index (κ1) is 15.5. The fourth-order valence-electron chi connectivity index (χ4n) is 3.01. The first-order valence-electron chi connectivity index (χ1n) is 7.78. The van der Waals surface area contributed by atoms with Gasteiger partial charge in [0.15, 0.2) is 0 Å². The number of carbonyl (C=O) groups excluding carboxylic acids is 2. The molecule has 1 N–H and O–H groups in total. The molecule has 0 bridgehead atoms. The van der Waals surface area contributed by atoms with Crippen LogP contribution in [0.4, 0.5) is 5.69 Å². The van der Waals surface area contributed by atoms with E-state index in [0.29, 0.717) is 12.8 Å². The number of rotatable bonds is 5. The van der Waals surface area contributed by atoms with Gasteiger partial charge in [0.2, 0.25) is 5.91 Å². The number of benzene rings is 1.